The van der Waals surface area contributed by atoms with Crippen LogP contribution in [0.15, 0.2) is 66.3 Å². The summed E-state index contributed by atoms with van der Waals surface area (Å²) in [7, 11) is 3.62. The van der Waals surface area contributed by atoms with Crippen molar-refractivity contribution in [1.82, 2.24) is 30.0 Å². The largest absolute Gasteiger partial charge is 0.415 e. The van der Waals surface area contributed by atoms with Crippen LogP contribution in [-0.4, -0.2) is 96.2 Å². The number of alkyl halides is 3. The Kier molecular flexibility index (Phi) is 14.0. The minimum absolute atomic E-state index is 0.350. The number of piperidine rings is 1. The predicted molar refractivity (Wildman–Crippen MR) is 185 cm³/mol. The van der Waals surface area contributed by atoms with Crippen LogP contribution in [0, 0.1) is 6.92 Å². The SMILES string of the molecule is C=C(/C=C(\C=C(/C)NC(=O)c1ccc(C)c(CN(N)/C=C/c2cnc(N)s2)c1)N1CCC(N2CCN(C)CC2)CC1)C(F)(F)F.CN. The summed E-state index contributed by atoms with van der Waals surface area (Å²) in [6.07, 6.45) is 5.01. The van der Waals surface area contributed by atoms with Crippen LogP contribution in [0.2, 0.25) is 0 Å². The van der Waals surface area contributed by atoms with Gasteiger partial charge in [0, 0.05) is 74.7 Å². The molecule has 10 nitrogen and oxygen atoms in total. The van der Waals surface area contributed by atoms with Gasteiger partial charge in [0.15, 0.2) is 5.13 Å². The van der Waals surface area contributed by atoms with E-state index in [4.69, 9.17) is 11.6 Å². The highest BCUT2D eigenvalue weighted by atomic mass is 32.1. The Morgan fingerprint density at radius 1 is 1.15 bits per heavy atom. The van der Waals surface area contributed by atoms with Crippen LogP contribution >= 0.6 is 11.3 Å². The fraction of sp³-hybridized carbons (Fsp3) is 0.455. The van der Waals surface area contributed by atoms with Gasteiger partial charge in [-0.25, -0.2) is 10.8 Å². The first-order valence-corrected chi connectivity index (χ1v) is 16.3. The van der Waals surface area contributed by atoms with E-state index in [0.29, 0.717) is 47.8 Å². The van der Waals surface area contributed by atoms with E-state index < -0.39 is 11.7 Å². The third-order valence-corrected chi connectivity index (χ3v) is 8.97. The van der Waals surface area contributed by atoms with Gasteiger partial charge in [0.25, 0.3) is 5.91 Å². The minimum atomic E-state index is -4.55. The predicted octanol–water partition coefficient (Wildman–Crippen LogP) is 4.30. The van der Waals surface area contributed by atoms with Crippen molar-refractivity contribution < 1.29 is 18.0 Å². The Bertz CT molecular complexity index is 1440. The summed E-state index contributed by atoms with van der Waals surface area (Å²) in [5, 5.41) is 4.82. The number of nitrogens with one attached hydrogen (secondary N) is 1. The van der Waals surface area contributed by atoms with E-state index in [1.54, 1.807) is 37.5 Å². The van der Waals surface area contributed by atoms with Crippen LogP contribution in [0.4, 0.5) is 18.3 Å². The molecule has 47 heavy (non-hydrogen) atoms. The van der Waals surface area contributed by atoms with Crippen LogP contribution in [0.1, 0.15) is 46.1 Å². The lowest BCUT2D eigenvalue weighted by Gasteiger charge is -2.43. The molecule has 0 spiro atoms. The van der Waals surface area contributed by atoms with Crippen LogP contribution in [0.25, 0.3) is 6.08 Å². The number of carbonyl (C=O) groups excluding carboxylic acids is 1. The number of allylic oxidation sites excluding steroid dienone is 4. The Hall–Kier alpha value is -3.69. The highest BCUT2D eigenvalue weighted by Gasteiger charge is 2.32. The number of aromatic nitrogens is 1. The van der Waals surface area contributed by atoms with Crippen molar-refractivity contribution in [3.63, 3.8) is 0 Å². The van der Waals surface area contributed by atoms with E-state index in [-0.39, 0.29) is 5.91 Å². The maximum absolute atomic E-state index is 13.5. The van der Waals surface area contributed by atoms with Gasteiger partial charge in [-0.3, -0.25) is 9.69 Å². The summed E-state index contributed by atoms with van der Waals surface area (Å²) in [5.41, 5.74) is 12.3. The second-order valence-corrected chi connectivity index (χ2v) is 12.8. The Morgan fingerprint density at radius 3 is 2.40 bits per heavy atom. The number of likely N-dealkylation sites (N-methyl/N-ethyl adjacent to an activating group) is 1. The Balaban J connectivity index is 0.00000294. The van der Waals surface area contributed by atoms with Crippen molar-refractivity contribution in [2.75, 3.05) is 59.1 Å². The number of nitrogen functional groups attached to an aromatic ring is 1. The first kappa shape index (κ1) is 37.8. The molecule has 2 aromatic rings. The van der Waals surface area contributed by atoms with Gasteiger partial charge in [0.1, 0.15) is 0 Å². The van der Waals surface area contributed by atoms with Gasteiger partial charge in [-0.15, -0.1) is 0 Å². The quantitative estimate of drug-likeness (QED) is 0.165. The number of carbonyl (C=O) groups is 1. The van der Waals surface area contributed by atoms with Crippen molar-refractivity contribution in [3.8, 4) is 0 Å². The van der Waals surface area contributed by atoms with Crippen molar-refractivity contribution in [3.05, 3.63) is 87.9 Å². The van der Waals surface area contributed by atoms with Gasteiger partial charge in [-0.1, -0.05) is 24.0 Å². The molecule has 1 aromatic carbocycles. The van der Waals surface area contributed by atoms with Gasteiger partial charge in [0.2, 0.25) is 0 Å². The molecule has 0 unspecified atom stereocenters. The molecule has 3 heterocycles. The molecular formula is C33H48F3N9OS. The summed E-state index contributed by atoms with van der Waals surface area (Å²) in [6, 6.07) is 5.73. The van der Waals surface area contributed by atoms with Crippen molar-refractivity contribution in [2.24, 2.45) is 11.6 Å². The minimum Gasteiger partial charge on any atom is -0.375 e. The average Bonchev–Trinajstić information content (AvgIpc) is 3.46. The number of rotatable bonds is 10. The lowest BCUT2D eigenvalue weighted by Crippen LogP contribution is -2.52. The van der Waals surface area contributed by atoms with Gasteiger partial charge < -0.3 is 31.6 Å². The second-order valence-electron chi connectivity index (χ2n) is 11.7. The van der Waals surface area contributed by atoms with Crippen molar-refractivity contribution in [1.29, 1.82) is 0 Å². The van der Waals surface area contributed by atoms with Gasteiger partial charge in [-0.05, 0) is 82.3 Å². The molecule has 1 amide bonds. The zero-order valence-electron chi connectivity index (χ0n) is 27.7. The molecule has 7 N–H and O–H groups in total. The maximum Gasteiger partial charge on any atom is 0.415 e. The molecular weight excluding hydrogens is 627 g/mol. The zero-order chi connectivity index (χ0) is 34.7. The number of hydrazine groups is 1. The first-order valence-electron chi connectivity index (χ1n) is 15.5. The second kappa shape index (κ2) is 17.5. The normalized spacial score (nSPS) is 17.4. The molecule has 2 aliphatic heterocycles. The van der Waals surface area contributed by atoms with Gasteiger partial charge >= 0.3 is 6.18 Å². The van der Waals surface area contributed by atoms with E-state index >= 15 is 0 Å². The van der Waals surface area contributed by atoms with E-state index in [1.165, 1.54) is 23.4 Å². The number of piperazine rings is 1. The summed E-state index contributed by atoms with van der Waals surface area (Å²) in [4.78, 5) is 24.9. The maximum atomic E-state index is 13.5. The third kappa shape index (κ3) is 11.5. The van der Waals surface area contributed by atoms with Crippen LogP contribution < -0.4 is 22.6 Å². The Morgan fingerprint density at radius 2 is 1.81 bits per heavy atom. The molecule has 2 aliphatic rings. The molecule has 1 aromatic heterocycles. The molecule has 258 valence electrons. The number of halogens is 3. The highest BCUT2D eigenvalue weighted by molar-refractivity contribution is 7.16. The number of nitrogens with two attached hydrogens (primary N) is 3. The van der Waals surface area contributed by atoms with E-state index in [0.717, 1.165) is 61.1 Å². The topological polar surface area (TPSA) is 133 Å². The number of hydrogen-bond acceptors (Lipinski definition) is 10. The molecule has 0 aliphatic carbocycles. The number of benzene rings is 1. The standard InChI is InChI=1S/C32H43F3N8OS.CH5N/c1-22-5-6-25(19-26(22)21-43(37)12-9-29-20-38-31(36)45-29)30(44)39-24(3)18-28(17-23(2)32(33,34)35)41-10-7-27(8-11-41)42-15-13-40(4)14-16-42;1-2/h5-6,9,12,17-20,27H,2,7-8,10-11,13-16,21,37H2,1,3-4H3,(H2,36,38)(H,39,44);2H2,1H3/b12-9+,24-18+,28-17+;. The number of hydrogen-bond donors (Lipinski definition) is 4. The molecule has 0 bridgehead atoms. The fourth-order valence-electron chi connectivity index (χ4n) is 5.45. The van der Waals surface area contributed by atoms with Crippen LogP contribution in [0.3, 0.4) is 0 Å². The molecule has 0 radical (unpaired) electrons. The van der Waals surface area contributed by atoms with Gasteiger partial charge in [0.05, 0.1) is 17.0 Å². The highest BCUT2D eigenvalue weighted by Crippen LogP contribution is 2.29. The molecule has 14 heteroatoms. The average molecular weight is 676 g/mol. The lowest BCUT2D eigenvalue weighted by atomic mass is 10.0. The first-order chi connectivity index (χ1) is 22.3. The molecule has 0 atom stereocenters. The molecule has 2 saturated heterocycles. The molecule has 0 saturated carbocycles. The number of aryl methyl sites for hydroxylation is 1. The fourth-order valence-corrected chi connectivity index (χ4v) is 6.03. The molecule has 4 rings (SSSR count). The van der Waals surface area contributed by atoms with E-state index in [2.05, 4.69) is 39.5 Å². The van der Waals surface area contributed by atoms with Crippen LogP contribution in [-0.2, 0) is 6.54 Å². The Labute approximate surface area is 280 Å². The van der Waals surface area contributed by atoms with Gasteiger partial charge in [-0.2, -0.15) is 13.2 Å². The van der Waals surface area contributed by atoms with Crippen LogP contribution in [0.5, 0.6) is 0 Å². The third-order valence-electron chi connectivity index (χ3n) is 8.18. The monoisotopic (exact) mass is 675 g/mol. The summed E-state index contributed by atoms with van der Waals surface area (Å²) < 4.78 is 40.5. The summed E-state index contributed by atoms with van der Waals surface area (Å²) in [5.74, 6) is 5.81. The van der Waals surface area contributed by atoms with Crippen molar-refractivity contribution in [2.45, 2.75) is 45.5 Å². The number of thiazole rings is 1. The summed E-state index contributed by atoms with van der Waals surface area (Å²) >= 11 is 1.34. The number of nitrogens with zero attached hydrogens (tertiary/aromatic N) is 5. The molecule has 2 fully saturated rings. The lowest BCUT2D eigenvalue weighted by molar-refractivity contribution is -0.0880. The smallest absolute Gasteiger partial charge is 0.375 e. The number of likely N-dealkylation sites (tertiary alicyclic amines) is 1. The summed E-state index contributed by atoms with van der Waals surface area (Å²) in [6.45, 7) is 12.5. The van der Waals surface area contributed by atoms with E-state index in [9.17, 15) is 18.0 Å². The number of anilines is 1. The number of amides is 1. The van der Waals surface area contributed by atoms with Crippen molar-refractivity contribution >= 4 is 28.5 Å². The van der Waals surface area contributed by atoms with E-state index in [1.807, 2.05) is 24.0 Å². The zero-order valence-corrected chi connectivity index (χ0v) is 28.5.